The number of morpholine rings is 1. The number of nitrogens with zero attached hydrogens (tertiary/aromatic N) is 2. The summed E-state index contributed by atoms with van der Waals surface area (Å²) >= 11 is 0. The smallest absolute Gasteiger partial charge is 0.243 e. The van der Waals surface area contributed by atoms with E-state index in [1.165, 1.54) is 9.87 Å². The molecule has 1 heterocycles. The van der Waals surface area contributed by atoms with Crippen LogP contribution in [0.25, 0.3) is 0 Å². The molecule has 28 heavy (non-hydrogen) atoms. The van der Waals surface area contributed by atoms with E-state index in [-0.39, 0.29) is 0 Å². The lowest BCUT2D eigenvalue weighted by atomic mass is 10.2. The third kappa shape index (κ3) is 5.32. The van der Waals surface area contributed by atoms with Gasteiger partial charge in [0.25, 0.3) is 0 Å². The molecule has 0 N–H and O–H groups in total. The fourth-order valence-electron chi connectivity index (χ4n) is 3.28. The molecule has 1 aliphatic heterocycles. The summed E-state index contributed by atoms with van der Waals surface area (Å²) in [6.45, 7) is 5.77. The summed E-state index contributed by atoms with van der Waals surface area (Å²) in [5, 5.41) is 0. The Morgan fingerprint density at radius 3 is 2.39 bits per heavy atom. The molecule has 0 saturated carbocycles. The molecule has 0 spiro atoms. The number of benzene rings is 2. The van der Waals surface area contributed by atoms with Gasteiger partial charge >= 0.3 is 0 Å². The van der Waals surface area contributed by atoms with Crippen molar-refractivity contribution < 1.29 is 17.9 Å². The summed E-state index contributed by atoms with van der Waals surface area (Å²) in [7, 11) is -1.44. The third-order valence-corrected chi connectivity index (χ3v) is 6.54. The van der Waals surface area contributed by atoms with Crippen LogP contribution in [0.4, 0.5) is 0 Å². The fraction of sp³-hybridized carbons (Fsp3) is 0.429. The van der Waals surface area contributed by atoms with E-state index in [9.17, 15) is 8.42 Å². The molecule has 0 amide bonds. The fourth-order valence-corrected chi connectivity index (χ4v) is 4.76. The van der Waals surface area contributed by atoms with Gasteiger partial charge in [0.05, 0.1) is 24.7 Å². The number of rotatable bonds is 8. The predicted octanol–water partition coefficient (Wildman–Crippen LogP) is 2.74. The number of hydrogen-bond donors (Lipinski definition) is 0. The average molecular weight is 405 g/mol. The predicted molar refractivity (Wildman–Crippen MR) is 109 cm³/mol. The third-order valence-electron chi connectivity index (χ3n) is 4.65. The van der Waals surface area contributed by atoms with Crippen LogP contribution < -0.4 is 4.74 Å². The van der Waals surface area contributed by atoms with E-state index in [0.29, 0.717) is 44.4 Å². The van der Waals surface area contributed by atoms with E-state index >= 15 is 0 Å². The average Bonchev–Trinajstić information content (AvgIpc) is 2.70. The highest BCUT2D eigenvalue weighted by Crippen LogP contribution is 2.20. The molecule has 0 bridgehead atoms. The van der Waals surface area contributed by atoms with Crippen LogP contribution in [-0.2, 0) is 27.8 Å². The van der Waals surface area contributed by atoms with E-state index in [1.807, 2.05) is 38.2 Å². The molecule has 1 fully saturated rings. The Morgan fingerprint density at radius 2 is 1.71 bits per heavy atom. The highest BCUT2D eigenvalue weighted by atomic mass is 32.2. The summed E-state index contributed by atoms with van der Waals surface area (Å²) < 4.78 is 37.9. The van der Waals surface area contributed by atoms with Crippen molar-refractivity contribution in [2.24, 2.45) is 0 Å². The first-order chi connectivity index (χ1) is 13.5. The van der Waals surface area contributed by atoms with Gasteiger partial charge in [-0.2, -0.15) is 4.31 Å². The quantitative estimate of drug-likeness (QED) is 0.677. The Morgan fingerprint density at radius 1 is 1.04 bits per heavy atom. The van der Waals surface area contributed by atoms with E-state index in [2.05, 4.69) is 17.0 Å². The maximum atomic E-state index is 12.8. The number of sulfonamides is 1. The van der Waals surface area contributed by atoms with Gasteiger partial charge in [0, 0.05) is 26.2 Å². The van der Waals surface area contributed by atoms with E-state index in [1.54, 1.807) is 12.1 Å². The first-order valence-electron chi connectivity index (χ1n) is 9.56. The summed E-state index contributed by atoms with van der Waals surface area (Å²) in [5.41, 5.74) is 2.16. The van der Waals surface area contributed by atoms with Crippen LogP contribution in [0.2, 0.25) is 0 Å². The van der Waals surface area contributed by atoms with Crippen LogP contribution in [-0.4, -0.2) is 57.6 Å². The molecule has 2 aromatic carbocycles. The molecule has 0 atom stereocenters. The molecule has 152 valence electrons. The second-order valence-corrected chi connectivity index (χ2v) is 8.85. The van der Waals surface area contributed by atoms with Crippen molar-refractivity contribution >= 4 is 10.0 Å². The van der Waals surface area contributed by atoms with E-state index in [4.69, 9.17) is 9.47 Å². The molecule has 0 aromatic heterocycles. The normalized spacial score (nSPS) is 15.7. The van der Waals surface area contributed by atoms with Crippen LogP contribution >= 0.6 is 0 Å². The zero-order valence-electron chi connectivity index (χ0n) is 16.5. The maximum Gasteiger partial charge on any atom is 0.243 e. The Hall–Kier alpha value is -1.93. The molecule has 1 aliphatic rings. The van der Waals surface area contributed by atoms with Gasteiger partial charge in [-0.25, -0.2) is 8.42 Å². The topological polar surface area (TPSA) is 59.1 Å². The Kier molecular flexibility index (Phi) is 7.07. The number of ether oxygens (including phenoxy) is 2. The Bertz CT molecular complexity index is 862. The summed E-state index contributed by atoms with van der Waals surface area (Å²) in [6.07, 6.45) is 0. The maximum absolute atomic E-state index is 12.8. The van der Waals surface area contributed by atoms with Crippen molar-refractivity contribution in [1.29, 1.82) is 0 Å². The molecule has 0 aliphatic carbocycles. The van der Waals surface area contributed by atoms with Crippen LogP contribution in [0.3, 0.4) is 0 Å². The van der Waals surface area contributed by atoms with Gasteiger partial charge < -0.3 is 9.47 Å². The lowest BCUT2D eigenvalue weighted by Gasteiger charge is -2.26. The van der Waals surface area contributed by atoms with Gasteiger partial charge in [0.15, 0.2) is 0 Å². The molecule has 0 unspecified atom stereocenters. The summed E-state index contributed by atoms with van der Waals surface area (Å²) in [6, 6.07) is 15.3. The monoisotopic (exact) mass is 404 g/mol. The van der Waals surface area contributed by atoms with Gasteiger partial charge in [-0.3, -0.25) is 4.90 Å². The summed E-state index contributed by atoms with van der Waals surface area (Å²) in [5.74, 6) is 0.870. The van der Waals surface area contributed by atoms with Gasteiger partial charge in [0.2, 0.25) is 10.0 Å². The van der Waals surface area contributed by atoms with Crippen molar-refractivity contribution in [3.8, 4) is 5.75 Å². The van der Waals surface area contributed by atoms with Crippen LogP contribution in [0, 0.1) is 0 Å². The molecule has 1 saturated heterocycles. The van der Waals surface area contributed by atoms with E-state index < -0.39 is 10.0 Å². The molecular formula is C21H28N2O4S. The molecule has 7 heteroatoms. The molecule has 6 nitrogen and oxygen atoms in total. The minimum Gasteiger partial charge on any atom is -0.494 e. The first kappa shape index (κ1) is 20.8. The zero-order valence-corrected chi connectivity index (χ0v) is 17.3. The molecular weight excluding hydrogens is 376 g/mol. The van der Waals surface area contributed by atoms with Crippen LogP contribution in [0.1, 0.15) is 18.1 Å². The largest absolute Gasteiger partial charge is 0.494 e. The van der Waals surface area contributed by atoms with E-state index in [0.717, 1.165) is 17.9 Å². The second-order valence-electron chi connectivity index (χ2n) is 6.91. The highest BCUT2D eigenvalue weighted by molar-refractivity contribution is 7.89. The van der Waals surface area contributed by atoms with Crippen LogP contribution in [0.15, 0.2) is 53.4 Å². The SMILES string of the molecule is CCOc1ccc(CN(C)Cc2cccc(S(=O)(=O)N3CCOCC3)c2)cc1. The van der Waals surface area contributed by atoms with Crippen molar-refractivity contribution in [3.63, 3.8) is 0 Å². The molecule has 3 rings (SSSR count). The standard InChI is InChI=1S/C21H28N2O4S/c1-3-27-20-9-7-18(8-10-20)16-22(2)17-19-5-4-6-21(15-19)28(24,25)23-11-13-26-14-12-23/h4-10,15H,3,11-14,16-17H2,1-2H3. The molecule has 0 radical (unpaired) electrons. The van der Waals surface area contributed by atoms with Crippen molar-refractivity contribution in [2.45, 2.75) is 24.9 Å². The van der Waals surface area contributed by atoms with Gasteiger partial charge in [-0.1, -0.05) is 24.3 Å². The lowest BCUT2D eigenvalue weighted by Crippen LogP contribution is -2.40. The highest BCUT2D eigenvalue weighted by Gasteiger charge is 2.26. The van der Waals surface area contributed by atoms with Crippen molar-refractivity contribution in [1.82, 2.24) is 9.21 Å². The Balaban J connectivity index is 1.65. The molecule has 2 aromatic rings. The Labute approximate surface area is 167 Å². The van der Waals surface area contributed by atoms with Crippen molar-refractivity contribution in [2.75, 3.05) is 40.0 Å². The lowest BCUT2D eigenvalue weighted by molar-refractivity contribution is 0.0730. The van der Waals surface area contributed by atoms with Gasteiger partial charge in [-0.15, -0.1) is 0 Å². The van der Waals surface area contributed by atoms with Gasteiger partial charge in [-0.05, 0) is 49.4 Å². The minimum absolute atomic E-state index is 0.348. The first-order valence-corrected chi connectivity index (χ1v) is 11.0. The summed E-state index contributed by atoms with van der Waals surface area (Å²) in [4.78, 5) is 2.51. The zero-order chi connectivity index (χ0) is 20.0. The van der Waals surface area contributed by atoms with Gasteiger partial charge in [0.1, 0.15) is 5.75 Å². The second kappa shape index (κ2) is 9.52. The van der Waals surface area contributed by atoms with Crippen LogP contribution in [0.5, 0.6) is 5.75 Å². The number of hydrogen-bond acceptors (Lipinski definition) is 5. The van der Waals surface area contributed by atoms with Crippen molar-refractivity contribution in [3.05, 3.63) is 59.7 Å². The minimum atomic E-state index is -3.47.